The molecule has 1 heterocycles. The molecular formula is C17H23N3O2. The molecule has 1 amide bonds. The standard InChI is InChI=1S/C17H23N3O2/c1-3-17(22,4-2)13-18-16(21)15-10-19-20(12-15)11-14-8-6-5-7-9-14/h5-10,12,22H,3-4,11,13H2,1-2H3,(H,18,21). The lowest BCUT2D eigenvalue weighted by atomic mass is 9.97. The van der Waals surface area contributed by atoms with Crippen LogP contribution in [0.1, 0.15) is 42.6 Å². The van der Waals surface area contributed by atoms with Crippen LogP contribution in [0.2, 0.25) is 0 Å². The second-order valence-corrected chi connectivity index (χ2v) is 5.53. The molecule has 2 N–H and O–H groups in total. The van der Waals surface area contributed by atoms with Crippen LogP contribution in [0.4, 0.5) is 0 Å². The Morgan fingerprint density at radius 3 is 2.59 bits per heavy atom. The Bertz CT molecular complexity index is 603. The lowest BCUT2D eigenvalue weighted by Gasteiger charge is -2.25. The van der Waals surface area contributed by atoms with Gasteiger partial charge < -0.3 is 10.4 Å². The molecule has 1 aromatic carbocycles. The van der Waals surface area contributed by atoms with E-state index in [1.807, 2.05) is 44.2 Å². The van der Waals surface area contributed by atoms with Crippen LogP contribution in [0.25, 0.3) is 0 Å². The molecule has 0 saturated heterocycles. The molecule has 5 heteroatoms. The van der Waals surface area contributed by atoms with E-state index in [0.29, 0.717) is 24.9 Å². The lowest BCUT2D eigenvalue weighted by Crippen LogP contribution is -2.41. The van der Waals surface area contributed by atoms with Gasteiger partial charge in [-0.3, -0.25) is 9.48 Å². The fraction of sp³-hybridized carbons (Fsp3) is 0.412. The van der Waals surface area contributed by atoms with Gasteiger partial charge in [0, 0.05) is 12.7 Å². The number of carbonyl (C=O) groups is 1. The third kappa shape index (κ3) is 4.18. The van der Waals surface area contributed by atoms with Crippen molar-refractivity contribution < 1.29 is 9.90 Å². The molecule has 0 unspecified atom stereocenters. The van der Waals surface area contributed by atoms with Gasteiger partial charge in [-0.2, -0.15) is 5.10 Å². The van der Waals surface area contributed by atoms with Gasteiger partial charge in [-0.05, 0) is 18.4 Å². The molecule has 0 saturated carbocycles. The lowest BCUT2D eigenvalue weighted by molar-refractivity contribution is 0.0314. The Morgan fingerprint density at radius 1 is 1.27 bits per heavy atom. The van der Waals surface area contributed by atoms with Crippen molar-refractivity contribution in [2.24, 2.45) is 0 Å². The van der Waals surface area contributed by atoms with Gasteiger partial charge in [0.25, 0.3) is 5.91 Å². The second-order valence-electron chi connectivity index (χ2n) is 5.53. The number of nitrogens with zero attached hydrogens (tertiary/aromatic N) is 2. The summed E-state index contributed by atoms with van der Waals surface area (Å²) in [6.45, 7) is 4.70. The number of rotatable bonds is 7. The molecule has 0 aliphatic heterocycles. The predicted molar refractivity (Wildman–Crippen MR) is 85.6 cm³/mol. The SMILES string of the molecule is CCC(O)(CC)CNC(=O)c1cnn(Cc2ccccc2)c1. The number of hydrogen-bond donors (Lipinski definition) is 2. The summed E-state index contributed by atoms with van der Waals surface area (Å²) in [7, 11) is 0. The molecule has 2 aromatic rings. The number of aliphatic hydroxyl groups is 1. The molecule has 0 bridgehead atoms. The summed E-state index contributed by atoms with van der Waals surface area (Å²) in [4.78, 5) is 12.1. The van der Waals surface area contributed by atoms with Crippen molar-refractivity contribution >= 4 is 5.91 Å². The van der Waals surface area contributed by atoms with E-state index in [1.54, 1.807) is 17.1 Å². The van der Waals surface area contributed by atoms with E-state index in [-0.39, 0.29) is 12.5 Å². The van der Waals surface area contributed by atoms with E-state index in [2.05, 4.69) is 10.4 Å². The van der Waals surface area contributed by atoms with Gasteiger partial charge in [-0.25, -0.2) is 0 Å². The number of hydrogen-bond acceptors (Lipinski definition) is 3. The summed E-state index contributed by atoms with van der Waals surface area (Å²) >= 11 is 0. The minimum Gasteiger partial charge on any atom is -0.388 e. The Labute approximate surface area is 131 Å². The van der Waals surface area contributed by atoms with Crippen molar-refractivity contribution in [1.29, 1.82) is 0 Å². The van der Waals surface area contributed by atoms with Gasteiger partial charge in [0.1, 0.15) is 0 Å². The number of aromatic nitrogens is 2. The third-order valence-electron chi connectivity index (χ3n) is 3.98. The van der Waals surface area contributed by atoms with E-state index >= 15 is 0 Å². The maximum Gasteiger partial charge on any atom is 0.254 e. The first-order chi connectivity index (χ1) is 10.6. The highest BCUT2D eigenvalue weighted by Gasteiger charge is 2.23. The van der Waals surface area contributed by atoms with Crippen molar-refractivity contribution in [2.75, 3.05) is 6.54 Å². The number of nitrogens with one attached hydrogen (secondary N) is 1. The topological polar surface area (TPSA) is 67.2 Å². The van der Waals surface area contributed by atoms with Crippen LogP contribution in [0.3, 0.4) is 0 Å². The van der Waals surface area contributed by atoms with Crippen LogP contribution in [-0.4, -0.2) is 32.9 Å². The third-order valence-corrected chi connectivity index (χ3v) is 3.98. The maximum absolute atomic E-state index is 12.1. The van der Waals surface area contributed by atoms with E-state index in [0.717, 1.165) is 5.56 Å². The molecule has 0 radical (unpaired) electrons. The van der Waals surface area contributed by atoms with Crippen LogP contribution in [0.5, 0.6) is 0 Å². The molecule has 22 heavy (non-hydrogen) atoms. The average Bonchev–Trinajstić information content (AvgIpc) is 3.02. The van der Waals surface area contributed by atoms with Gasteiger partial charge >= 0.3 is 0 Å². The van der Waals surface area contributed by atoms with Crippen LogP contribution >= 0.6 is 0 Å². The highest BCUT2D eigenvalue weighted by atomic mass is 16.3. The van der Waals surface area contributed by atoms with E-state index in [4.69, 9.17) is 0 Å². The summed E-state index contributed by atoms with van der Waals surface area (Å²) in [6, 6.07) is 9.95. The van der Waals surface area contributed by atoms with Gasteiger partial charge in [0.2, 0.25) is 0 Å². The quantitative estimate of drug-likeness (QED) is 0.824. The van der Waals surface area contributed by atoms with E-state index < -0.39 is 5.60 Å². The molecule has 5 nitrogen and oxygen atoms in total. The van der Waals surface area contributed by atoms with Crippen LogP contribution in [-0.2, 0) is 6.54 Å². The van der Waals surface area contributed by atoms with E-state index in [9.17, 15) is 9.90 Å². The molecule has 0 aliphatic carbocycles. The molecular weight excluding hydrogens is 278 g/mol. The Morgan fingerprint density at radius 2 is 1.95 bits per heavy atom. The summed E-state index contributed by atoms with van der Waals surface area (Å²) < 4.78 is 1.73. The van der Waals surface area contributed by atoms with Crippen molar-refractivity contribution in [2.45, 2.75) is 38.8 Å². The Kier molecular flexibility index (Phi) is 5.33. The minimum absolute atomic E-state index is 0.209. The highest BCUT2D eigenvalue weighted by Crippen LogP contribution is 2.13. The number of amides is 1. The summed E-state index contributed by atoms with van der Waals surface area (Å²) in [5, 5.41) is 17.2. The first-order valence-electron chi connectivity index (χ1n) is 7.63. The largest absolute Gasteiger partial charge is 0.388 e. The normalized spacial score (nSPS) is 11.4. The summed E-state index contributed by atoms with van der Waals surface area (Å²) in [5.74, 6) is -0.209. The molecule has 0 aliphatic rings. The van der Waals surface area contributed by atoms with Crippen molar-refractivity contribution in [3.63, 3.8) is 0 Å². The fourth-order valence-corrected chi connectivity index (χ4v) is 2.18. The molecule has 118 valence electrons. The van der Waals surface area contributed by atoms with Crippen molar-refractivity contribution in [3.8, 4) is 0 Å². The van der Waals surface area contributed by atoms with Gasteiger partial charge in [0.15, 0.2) is 0 Å². The van der Waals surface area contributed by atoms with Crippen LogP contribution in [0, 0.1) is 0 Å². The molecule has 1 aromatic heterocycles. The van der Waals surface area contributed by atoms with E-state index in [1.165, 1.54) is 0 Å². The minimum atomic E-state index is -0.838. The molecule has 2 rings (SSSR count). The Hall–Kier alpha value is -2.14. The number of benzene rings is 1. The molecule has 0 fully saturated rings. The average molecular weight is 301 g/mol. The van der Waals surface area contributed by atoms with Crippen LogP contribution in [0.15, 0.2) is 42.7 Å². The predicted octanol–water partition coefficient (Wildman–Crippen LogP) is 2.21. The monoisotopic (exact) mass is 301 g/mol. The summed E-state index contributed by atoms with van der Waals surface area (Å²) in [5.41, 5.74) is 0.796. The fourth-order valence-electron chi connectivity index (χ4n) is 2.18. The smallest absolute Gasteiger partial charge is 0.254 e. The zero-order valence-corrected chi connectivity index (χ0v) is 13.1. The highest BCUT2D eigenvalue weighted by molar-refractivity contribution is 5.93. The zero-order valence-electron chi connectivity index (χ0n) is 13.1. The first kappa shape index (κ1) is 16.2. The maximum atomic E-state index is 12.1. The van der Waals surface area contributed by atoms with Gasteiger partial charge in [-0.15, -0.1) is 0 Å². The van der Waals surface area contributed by atoms with Gasteiger partial charge in [0.05, 0.1) is 23.9 Å². The van der Waals surface area contributed by atoms with Crippen LogP contribution < -0.4 is 5.32 Å². The zero-order chi connectivity index (χ0) is 16.0. The second kappa shape index (κ2) is 7.22. The van der Waals surface area contributed by atoms with Crippen molar-refractivity contribution in [3.05, 3.63) is 53.9 Å². The van der Waals surface area contributed by atoms with Crippen molar-refractivity contribution in [1.82, 2.24) is 15.1 Å². The first-order valence-corrected chi connectivity index (χ1v) is 7.63. The van der Waals surface area contributed by atoms with Gasteiger partial charge in [-0.1, -0.05) is 44.2 Å². The number of carbonyl (C=O) groups excluding carboxylic acids is 1. The summed E-state index contributed by atoms with van der Waals surface area (Å²) in [6.07, 6.45) is 4.49. The molecule has 0 spiro atoms. The Balaban J connectivity index is 1.95. The molecule has 0 atom stereocenters.